The van der Waals surface area contributed by atoms with Crippen molar-refractivity contribution in [1.29, 1.82) is 0 Å². The second-order valence-corrected chi connectivity index (χ2v) is 5.56. The van der Waals surface area contributed by atoms with E-state index < -0.39 is 47.5 Å². The summed E-state index contributed by atoms with van der Waals surface area (Å²) < 4.78 is 27.9. The van der Waals surface area contributed by atoms with Gasteiger partial charge in [0.2, 0.25) is 0 Å². The second kappa shape index (κ2) is 8.73. The zero-order valence-electron chi connectivity index (χ0n) is 8.88. The molecule has 0 aliphatic rings. The molecule has 0 rings (SSSR count). The van der Waals surface area contributed by atoms with E-state index >= 15 is 0 Å². The van der Waals surface area contributed by atoms with Crippen molar-refractivity contribution in [3.8, 4) is 0 Å². The van der Waals surface area contributed by atoms with E-state index in [2.05, 4.69) is 9.05 Å². The van der Waals surface area contributed by atoms with E-state index in [1.807, 2.05) is 0 Å². The van der Waals surface area contributed by atoms with Crippen LogP contribution in [0, 0.1) is 47.2 Å². The summed E-state index contributed by atoms with van der Waals surface area (Å²) >= 11 is 0. The van der Waals surface area contributed by atoms with Crippen molar-refractivity contribution in [2.45, 2.75) is 0 Å². The Morgan fingerprint density at radius 3 is 1.33 bits per heavy atom. The first kappa shape index (κ1) is 21.8. The Kier molecular flexibility index (Phi) is 10.6. The summed E-state index contributed by atoms with van der Waals surface area (Å²) in [5.41, 5.74) is -1.88. The molecule has 0 heterocycles. The normalized spacial score (nSPS) is 13.2. The molecule has 13 heteroatoms. The molecule has 0 aromatic carbocycles. The standard InChI is InChI=1S/C5H14O10P2.Ce/c6-1-5(2-7,3-14-16(8,9)10)4-15-17(11,12)13;/h6-7H,1-4H2,(H2,8,9,10)(H2,11,12,13);/q;+4/p-4. The fourth-order valence-electron chi connectivity index (χ4n) is 0.706. The minimum atomic E-state index is -5.36. The fraction of sp³-hybridized carbons (Fsp3) is 1.00. The van der Waals surface area contributed by atoms with Gasteiger partial charge in [0.15, 0.2) is 0 Å². The van der Waals surface area contributed by atoms with E-state index in [1.165, 1.54) is 0 Å². The summed E-state index contributed by atoms with van der Waals surface area (Å²) in [5, 5.41) is 17.7. The third-order valence-corrected chi connectivity index (χ3v) is 2.62. The van der Waals surface area contributed by atoms with Gasteiger partial charge in [0.1, 0.15) is 0 Å². The average Bonchev–Trinajstić information content (AvgIpc) is 2.16. The Morgan fingerprint density at radius 2 is 1.17 bits per heavy atom. The molecule has 0 spiro atoms. The van der Waals surface area contributed by atoms with E-state index in [0.717, 1.165) is 0 Å². The number of phosphoric acid groups is 2. The van der Waals surface area contributed by atoms with Crippen LogP contribution in [0.1, 0.15) is 0 Å². The molecular formula is C5H10CeO10P2. The monoisotopic (exact) mass is 432 g/mol. The third kappa shape index (κ3) is 10.3. The third-order valence-electron chi connectivity index (χ3n) is 1.73. The first-order valence-corrected chi connectivity index (χ1v) is 7.01. The molecule has 0 fully saturated rings. The first-order valence-electron chi connectivity index (χ1n) is 4.08. The minimum absolute atomic E-state index is 0. The van der Waals surface area contributed by atoms with Crippen molar-refractivity contribution in [1.82, 2.24) is 0 Å². The molecular weight excluding hydrogens is 422 g/mol. The predicted molar refractivity (Wildman–Crippen MR) is 43.7 cm³/mol. The van der Waals surface area contributed by atoms with Crippen molar-refractivity contribution in [2.24, 2.45) is 5.41 Å². The molecule has 0 atom stereocenters. The summed E-state index contributed by atoms with van der Waals surface area (Å²) in [7, 11) is -10.7. The molecule has 104 valence electrons. The summed E-state index contributed by atoms with van der Waals surface area (Å²) in [4.78, 5) is 40.7. The van der Waals surface area contributed by atoms with Gasteiger partial charge in [-0.1, -0.05) is 0 Å². The van der Waals surface area contributed by atoms with Gasteiger partial charge < -0.3 is 48.0 Å². The predicted octanol–water partition coefficient (Wildman–Crippen LogP) is -4.35. The van der Waals surface area contributed by atoms with Crippen LogP contribution in [0.5, 0.6) is 0 Å². The van der Waals surface area contributed by atoms with E-state index in [9.17, 15) is 28.7 Å². The zero-order chi connectivity index (χ0) is 13.7. The van der Waals surface area contributed by atoms with Gasteiger partial charge in [0.05, 0.1) is 47.5 Å². The Hall–Kier alpha value is 1.52. The molecule has 0 unspecified atom stereocenters. The molecule has 10 nitrogen and oxygen atoms in total. The molecule has 0 aromatic heterocycles. The van der Waals surface area contributed by atoms with Gasteiger partial charge in [-0.05, 0) is 0 Å². The van der Waals surface area contributed by atoms with Gasteiger partial charge in [-0.15, -0.1) is 0 Å². The Morgan fingerprint density at radius 1 is 0.889 bits per heavy atom. The summed E-state index contributed by atoms with van der Waals surface area (Å²) in [6, 6.07) is 0. The number of aliphatic hydroxyl groups excluding tert-OH is 2. The van der Waals surface area contributed by atoms with E-state index in [4.69, 9.17) is 10.2 Å². The van der Waals surface area contributed by atoms with Crippen molar-refractivity contribution in [3.63, 3.8) is 0 Å². The molecule has 2 N–H and O–H groups in total. The smallest absolute Gasteiger partial charge is 0.790 e. The maximum atomic E-state index is 10.2. The number of hydrogen-bond acceptors (Lipinski definition) is 10. The Balaban J connectivity index is 0. The van der Waals surface area contributed by atoms with Crippen LogP contribution in [0.15, 0.2) is 0 Å². The SMILES string of the molecule is O=P([O-])([O-])OCC(CO)(CO)COP(=O)([O-])[O-].[Ce+4]. The number of hydrogen-bond donors (Lipinski definition) is 2. The average molecular weight is 432 g/mol. The van der Waals surface area contributed by atoms with Gasteiger partial charge in [0.25, 0.3) is 0 Å². The van der Waals surface area contributed by atoms with Gasteiger partial charge in [-0.25, -0.2) is 0 Å². The van der Waals surface area contributed by atoms with E-state index in [-0.39, 0.29) is 41.7 Å². The van der Waals surface area contributed by atoms with Gasteiger partial charge >= 0.3 is 41.7 Å². The molecule has 18 heavy (non-hydrogen) atoms. The molecule has 0 bridgehead atoms. The Labute approximate surface area is 136 Å². The largest absolute Gasteiger partial charge is 4.00 e. The van der Waals surface area contributed by atoms with Crippen molar-refractivity contribution < 1.29 is 89.7 Å². The number of rotatable bonds is 8. The number of aliphatic hydroxyl groups is 2. The summed E-state index contributed by atoms with van der Waals surface area (Å²) in [6.07, 6.45) is 0. The van der Waals surface area contributed by atoms with Gasteiger partial charge in [-0.2, -0.15) is 0 Å². The molecule has 0 aliphatic carbocycles. The second-order valence-electron chi connectivity index (χ2n) is 3.26. The van der Waals surface area contributed by atoms with Crippen molar-refractivity contribution in [3.05, 3.63) is 0 Å². The maximum Gasteiger partial charge on any atom is 4.00 e. The number of phosphoric ester groups is 2. The molecule has 0 amide bonds. The molecule has 0 aliphatic heterocycles. The van der Waals surface area contributed by atoms with Crippen molar-refractivity contribution in [2.75, 3.05) is 26.4 Å². The molecule has 0 saturated heterocycles. The topological polar surface area (TPSA) is 185 Å². The summed E-state index contributed by atoms with van der Waals surface area (Å²) in [5.74, 6) is 0. The summed E-state index contributed by atoms with van der Waals surface area (Å²) in [6.45, 7) is -3.93. The fourth-order valence-corrected chi connectivity index (χ4v) is 1.57. The van der Waals surface area contributed by atoms with Gasteiger partial charge in [0, 0.05) is 0 Å². The van der Waals surface area contributed by atoms with Crippen LogP contribution >= 0.6 is 15.6 Å². The van der Waals surface area contributed by atoms with Crippen LogP contribution in [0.2, 0.25) is 0 Å². The van der Waals surface area contributed by atoms with Crippen LogP contribution in [0.4, 0.5) is 0 Å². The van der Waals surface area contributed by atoms with Crippen LogP contribution in [0.25, 0.3) is 0 Å². The zero-order valence-corrected chi connectivity index (χ0v) is 13.8. The van der Waals surface area contributed by atoms with Gasteiger partial charge in [-0.3, -0.25) is 0 Å². The molecule has 0 saturated carbocycles. The quantitative estimate of drug-likeness (QED) is 0.355. The maximum absolute atomic E-state index is 10.2. The van der Waals surface area contributed by atoms with E-state index in [1.54, 1.807) is 0 Å². The van der Waals surface area contributed by atoms with Crippen LogP contribution in [-0.4, -0.2) is 36.6 Å². The van der Waals surface area contributed by atoms with Crippen LogP contribution < -0.4 is 19.6 Å². The molecule has 0 aromatic rings. The van der Waals surface area contributed by atoms with Crippen molar-refractivity contribution >= 4 is 15.6 Å². The van der Waals surface area contributed by atoms with E-state index in [0.29, 0.717) is 0 Å². The van der Waals surface area contributed by atoms with Crippen LogP contribution in [0.3, 0.4) is 0 Å². The first-order chi connectivity index (χ1) is 7.54. The Bertz CT molecular complexity index is 290. The minimum Gasteiger partial charge on any atom is -0.790 e. The molecule has 0 radical (unpaired) electrons. The van der Waals surface area contributed by atoms with Crippen LogP contribution in [-0.2, 0) is 18.2 Å².